The third-order valence-corrected chi connectivity index (χ3v) is 7.00. The third-order valence-electron chi connectivity index (χ3n) is 4.12. The van der Waals surface area contributed by atoms with E-state index in [2.05, 4.69) is 146 Å². The van der Waals surface area contributed by atoms with E-state index in [4.69, 9.17) is 6.57 Å². The van der Waals surface area contributed by atoms with Crippen LogP contribution in [0.4, 0.5) is 0 Å². The van der Waals surface area contributed by atoms with Crippen LogP contribution in [0.25, 0.3) is 4.85 Å². The van der Waals surface area contributed by atoms with Crippen LogP contribution in [0, 0.1) is 6.57 Å². The number of rotatable bonds is 4. The summed E-state index contributed by atoms with van der Waals surface area (Å²) in [7, 11) is 0.663. The molecule has 4 rings (SSSR count). The standard InChI is InChI=1S/2C12H11Si.C4H7N.C3H9P.Pt/c2*1-3-7-11(8-4-1)13-12-9-5-2-6-10-12;1-4(2)5-3;1-4(2)3;/h2*1-10,13H;4H,1-2H3;1-3H3;/p+1. The summed E-state index contributed by atoms with van der Waals surface area (Å²) in [6, 6.07) is 42.8. The smallest absolute Gasteiger partial charge is 0.218 e. The minimum atomic E-state index is 0. The molecule has 0 saturated carbocycles. The van der Waals surface area contributed by atoms with Gasteiger partial charge in [-0.2, -0.15) is 0 Å². The Bertz CT molecular complexity index is 900. The average molecular weight is 708 g/mol. The molecule has 190 valence electrons. The number of hydrogen-bond donors (Lipinski definition) is 0. The molecule has 5 heteroatoms. The molecule has 4 aromatic carbocycles. The zero-order valence-corrected chi connectivity index (χ0v) is 27.6. The molecule has 36 heavy (non-hydrogen) atoms. The maximum absolute atomic E-state index is 6.28. The third kappa shape index (κ3) is 19.2. The zero-order chi connectivity index (χ0) is 25.7. The minimum Gasteiger partial charge on any atom is -0.314 e. The molecule has 0 aliphatic heterocycles. The molecular formula is C31H39NPPtSi2+. The number of nitrogens with zero attached hydrogens (tertiary/aromatic N) is 1. The molecule has 0 aromatic heterocycles. The maximum atomic E-state index is 6.28. The van der Waals surface area contributed by atoms with E-state index in [9.17, 15) is 0 Å². The molecule has 0 fully saturated rings. The van der Waals surface area contributed by atoms with Crippen LogP contribution in [0.3, 0.4) is 0 Å². The van der Waals surface area contributed by atoms with Crippen LogP contribution in [0.5, 0.6) is 0 Å². The first-order valence-electron chi connectivity index (χ1n) is 11.9. The van der Waals surface area contributed by atoms with Gasteiger partial charge in [0.05, 0.1) is 0 Å². The van der Waals surface area contributed by atoms with Crippen molar-refractivity contribution in [2.24, 2.45) is 0 Å². The fourth-order valence-corrected chi connectivity index (χ4v) is 5.01. The van der Waals surface area contributed by atoms with Crippen LogP contribution in [0.1, 0.15) is 13.8 Å². The van der Waals surface area contributed by atoms with Crippen LogP contribution in [0.15, 0.2) is 121 Å². The van der Waals surface area contributed by atoms with Crippen molar-refractivity contribution in [3.8, 4) is 0 Å². The van der Waals surface area contributed by atoms with Crippen molar-refractivity contribution in [2.45, 2.75) is 19.9 Å². The summed E-state index contributed by atoms with van der Waals surface area (Å²) in [5.41, 5.74) is 0. The van der Waals surface area contributed by atoms with Crippen molar-refractivity contribution in [3.63, 3.8) is 0 Å². The fourth-order valence-electron chi connectivity index (χ4n) is 2.58. The maximum Gasteiger partial charge on any atom is 0.218 e. The van der Waals surface area contributed by atoms with E-state index in [1.165, 1.54) is 20.7 Å². The van der Waals surface area contributed by atoms with Gasteiger partial charge in [0.2, 0.25) is 6.04 Å². The van der Waals surface area contributed by atoms with Gasteiger partial charge in [0.25, 0.3) is 0 Å². The second-order valence-electron chi connectivity index (χ2n) is 8.65. The van der Waals surface area contributed by atoms with E-state index in [1.807, 2.05) is 13.8 Å². The monoisotopic (exact) mass is 707 g/mol. The molecule has 0 heterocycles. The van der Waals surface area contributed by atoms with Crippen molar-refractivity contribution in [2.75, 3.05) is 20.0 Å². The molecule has 0 amide bonds. The van der Waals surface area contributed by atoms with Crippen molar-refractivity contribution >= 4 is 47.7 Å². The van der Waals surface area contributed by atoms with Crippen molar-refractivity contribution < 1.29 is 21.1 Å². The van der Waals surface area contributed by atoms with Gasteiger partial charge in [0.15, 0.2) is 0 Å². The van der Waals surface area contributed by atoms with Crippen LogP contribution < -0.4 is 20.7 Å². The number of benzene rings is 4. The van der Waals surface area contributed by atoms with Gasteiger partial charge in [0.1, 0.15) is 19.0 Å². The molecule has 0 N–H and O–H groups in total. The molecule has 0 spiro atoms. The summed E-state index contributed by atoms with van der Waals surface area (Å²) in [5.74, 6) is 0. The quantitative estimate of drug-likeness (QED) is 0.167. The Hall–Kier alpha value is -2.08. The summed E-state index contributed by atoms with van der Waals surface area (Å²) in [5, 5.41) is 5.81. The molecular weight excluding hydrogens is 669 g/mol. The first-order valence-corrected chi connectivity index (χ1v) is 17.2. The normalized spacial score (nSPS) is 9.17. The Kier molecular flexibility index (Phi) is 20.9. The molecule has 0 aliphatic rings. The van der Waals surface area contributed by atoms with Gasteiger partial charge in [-0.15, -0.1) is 0 Å². The molecule has 2 radical (unpaired) electrons. The fraction of sp³-hybridized carbons (Fsp3) is 0.194. The summed E-state index contributed by atoms with van der Waals surface area (Å²) >= 11 is 0. The Labute approximate surface area is 240 Å². The summed E-state index contributed by atoms with van der Waals surface area (Å²) in [4.78, 5) is 3.14. The SMILES string of the molecule is C[PH+](C)C.[C-]#[N+]C(C)C.[Pt].c1ccc([SiH]c2ccccc2)cc1.c1ccc([SiH]c2ccccc2)cc1. The van der Waals surface area contributed by atoms with E-state index >= 15 is 0 Å². The summed E-state index contributed by atoms with van der Waals surface area (Å²) in [6.07, 6.45) is 0. The molecule has 0 unspecified atom stereocenters. The van der Waals surface area contributed by atoms with Crippen molar-refractivity contribution in [1.82, 2.24) is 0 Å². The van der Waals surface area contributed by atoms with E-state index in [-0.39, 0.29) is 54.1 Å². The Morgan fingerprint density at radius 1 is 0.528 bits per heavy atom. The van der Waals surface area contributed by atoms with Gasteiger partial charge in [0, 0.05) is 54.9 Å². The van der Waals surface area contributed by atoms with Gasteiger partial charge in [-0.05, 0) is 7.92 Å². The van der Waals surface area contributed by atoms with Crippen LogP contribution in [0.2, 0.25) is 0 Å². The summed E-state index contributed by atoms with van der Waals surface area (Å²) < 4.78 is 0. The molecule has 4 aromatic rings. The predicted octanol–water partition coefficient (Wildman–Crippen LogP) is 4.55. The van der Waals surface area contributed by atoms with Crippen LogP contribution >= 0.6 is 7.92 Å². The Morgan fingerprint density at radius 2 is 0.694 bits per heavy atom. The topological polar surface area (TPSA) is 4.36 Å². The number of hydrogen-bond acceptors (Lipinski definition) is 0. The zero-order valence-electron chi connectivity index (χ0n) is 22.0. The van der Waals surface area contributed by atoms with E-state index < -0.39 is 0 Å². The molecule has 0 saturated heterocycles. The molecule has 0 aliphatic carbocycles. The second-order valence-corrected chi connectivity index (χ2v) is 14.9. The predicted molar refractivity (Wildman–Crippen MR) is 166 cm³/mol. The molecule has 1 nitrogen and oxygen atoms in total. The van der Waals surface area contributed by atoms with Gasteiger partial charge in [-0.1, -0.05) is 142 Å². The summed E-state index contributed by atoms with van der Waals surface area (Å²) in [6.45, 7) is 16.8. The van der Waals surface area contributed by atoms with Crippen LogP contribution in [-0.2, 0) is 21.1 Å². The Morgan fingerprint density at radius 3 is 0.833 bits per heavy atom. The average Bonchev–Trinajstić information content (AvgIpc) is 2.87. The Balaban J connectivity index is 0.000000504. The minimum absolute atomic E-state index is 0. The van der Waals surface area contributed by atoms with E-state index in [1.54, 1.807) is 0 Å². The first-order chi connectivity index (χ1) is 16.9. The van der Waals surface area contributed by atoms with Gasteiger partial charge >= 0.3 is 0 Å². The molecule has 0 atom stereocenters. The van der Waals surface area contributed by atoms with E-state index in [0.717, 1.165) is 0 Å². The van der Waals surface area contributed by atoms with Gasteiger partial charge < -0.3 is 4.85 Å². The van der Waals surface area contributed by atoms with Gasteiger partial charge in [-0.25, -0.2) is 6.57 Å². The van der Waals surface area contributed by atoms with E-state index in [0.29, 0.717) is 0 Å². The van der Waals surface area contributed by atoms with Crippen molar-refractivity contribution in [1.29, 1.82) is 0 Å². The molecule has 0 bridgehead atoms. The van der Waals surface area contributed by atoms with Gasteiger partial charge in [-0.3, -0.25) is 0 Å². The first kappa shape index (κ1) is 33.9. The largest absolute Gasteiger partial charge is 0.314 e. The van der Waals surface area contributed by atoms with Crippen molar-refractivity contribution in [3.05, 3.63) is 133 Å². The second kappa shape index (κ2) is 22.1. The van der Waals surface area contributed by atoms with Crippen LogP contribution in [-0.4, -0.2) is 45.1 Å².